The highest BCUT2D eigenvalue weighted by atomic mass is 16.2. The van der Waals surface area contributed by atoms with Crippen molar-refractivity contribution in [1.29, 1.82) is 0 Å². The number of amides is 3. The van der Waals surface area contributed by atoms with Crippen LogP contribution in [0.5, 0.6) is 0 Å². The van der Waals surface area contributed by atoms with Crippen molar-refractivity contribution < 1.29 is 14.4 Å². The van der Waals surface area contributed by atoms with Crippen LogP contribution in [0.2, 0.25) is 0 Å². The van der Waals surface area contributed by atoms with E-state index in [9.17, 15) is 14.4 Å². The van der Waals surface area contributed by atoms with E-state index < -0.39 is 6.04 Å². The molecule has 7 rings (SSSR count). The molecule has 0 bridgehead atoms. The van der Waals surface area contributed by atoms with Gasteiger partial charge >= 0.3 is 0 Å². The van der Waals surface area contributed by atoms with E-state index in [1.54, 1.807) is 4.90 Å². The lowest BCUT2D eigenvalue weighted by atomic mass is 9.95. The highest BCUT2D eigenvalue weighted by molar-refractivity contribution is 6.06. The minimum Gasteiger partial charge on any atom is -0.322 e. The summed E-state index contributed by atoms with van der Waals surface area (Å²) in [5.41, 5.74) is 5.48. The van der Waals surface area contributed by atoms with Crippen molar-refractivity contribution in [2.75, 3.05) is 39.3 Å². The molecule has 1 N–H and O–H groups in total. The summed E-state index contributed by atoms with van der Waals surface area (Å²) >= 11 is 0. The summed E-state index contributed by atoms with van der Waals surface area (Å²) in [7, 11) is 0. The van der Waals surface area contributed by atoms with Crippen molar-refractivity contribution >= 4 is 17.7 Å². The van der Waals surface area contributed by atoms with Crippen molar-refractivity contribution in [1.82, 2.24) is 24.9 Å². The molecular weight excluding hydrogens is 550 g/mol. The first-order valence-electron chi connectivity index (χ1n) is 16.1. The molecule has 0 radical (unpaired) electrons. The molecule has 3 amide bonds. The standard InChI is InChI=1S/C36H41N5O3/c42-32-15-14-31(35(43)37-32)41-25-29-13-7-12-28(33(29)36(41)44)24-38-18-16-30(17-19-38)39-20-22-40(23-21-39)34(26-8-3-1-4-9-26)27-10-5-2-6-11-27/h1-13,30-31,34H,14-25H2,(H,37,42,43). The van der Waals surface area contributed by atoms with Crippen LogP contribution in [-0.2, 0) is 22.7 Å². The molecule has 3 saturated heterocycles. The molecule has 3 aromatic carbocycles. The van der Waals surface area contributed by atoms with Gasteiger partial charge in [-0.15, -0.1) is 0 Å². The number of carbonyl (C=O) groups is 3. The molecule has 3 fully saturated rings. The lowest BCUT2D eigenvalue weighted by Crippen LogP contribution is -2.53. The third-order valence-electron chi connectivity index (χ3n) is 10.1. The van der Waals surface area contributed by atoms with Gasteiger partial charge < -0.3 is 4.90 Å². The van der Waals surface area contributed by atoms with Crippen LogP contribution in [0.25, 0.3) is 0 Å². The molecule has 44 heavy (non-hydrogen) atoms. The van der Waals surface area contributed by atoms with E-state index in [1.807, 2.05) is 12.1 Å². The topological polar surface area (TPSA) is 76.2 Å². The van der Waals surface area contributed by atoms with E-state index in [0.717, 1.165) is 75.3 Å². The normalized spacial score (nSPS) is 22.4. The number of benzene rings is 3. The minimum atomic E-state index is -0.577. The number of hydrogen-bond donors (Lipinski definition) is 1. The van der Waals surface area contributed by atoms with E-state index in [-0.39, 0.29) is 30.2 Å². The van der Waals surface area contributed by atoms with Gasteiger partial charge in [0, 0.05) is 57.3 Å². The molecule has 0 aromatic heterocycles. The second-order valence-corrected chi connectivity index (χ2v) is 12.7. The molecule has 8 heteroatoms. The number of carbonyl (C=O) groups excluding carboxylic acids is 3. The van der Waals surface area contributed by atoms with Crippen LogP contribution in [0.15, 0.2) is 78.9 Å². The Morgan fingerprint density at radius 1 is 0.727 bits per heavy atom. The van der Waals surface area contributed by atoms with Gasteiger partial charge in [-0.1, -0.05) is 78.9 Å². The molecule has 4 heterocycles. The van der Waals surface area contributed by atoms with Gasteiger partial charge in [0.2, 0.25) is 11.8 Å². The number of imide groups is 1. The number of nitrogens with zero attached hydrogens (tertiary/aromatic N) is 4. The van der Waals surface area contributed by atoms with Gasteiger partial charge in [0.05, 0.1) is 6.04 Å². The molecule has 8 nitrogen and oxygen atoms in total. The number of nitrogens with one attached hydrogen (secondary N) is 1. The predicted octanol–water partition coefficient (Wildman–Crippen LogP) is 3.82. The zero-order valence-electron chi connectivity index (χ0n) is 25.2. The summed E-state index contributed by atoms with van der Waals surface area (Å²) in [6.45, 7) is 7.46. The number of hydrogen-bond acceptors (Lipinski definition) is 6. The summed E-state index contributed by atoms with van der Waals surface area (Å²) in [6, 6.07) is 28.1. The average molecular weight is 592 g/mol. The number of piperazine rings is 1. The third-order valence-corrected chi connectivity index (χ3v) is 10.1. The third kappa shape index (κ3) is 5.82. The summed E-state index contributed by atoms with van der Waals surface area (Å²) in [5, 5.41) is 2.40. The fourth-order valence-corrected chi connectivity index (χ4v) is 7.75. The smallest absolute Gasteiger partial charge is 0.255 e. The number of likely N-dealkylation sites (tertiary alicyclic amines) is 1. The second-order valence-electron chi connectivity index (χ2n) is 12.7. The molecule has 0 aliphatic carbocycles. The lowest BCUT2D eigenvalue weighted by molar-refractivity contribution is -0.136. The molecule has 0 saturated carbocycles. The highest BCUT2D eigenvalue weighted by Crippen LogP contribution is 2.33. The van der Waals surface area contributed by atoms with Gasteiger partial charge in [-0.05, 0) is 54.6 Å². The van der Waals surface area contributed by atoms with Gasteiger partial charge in [0.15, 0.2) is 0 Å². The van der Waals surface area contributed by atoms with Crippen LogP contribution < -0.4 is 5.32 Å². The highest BCUT2D eigenvalue weighted by Gasteiger charge is 2.40. The summed E-state index contributed by atoms with van der Waals surface area (Å²) in [5.74, 6) is -0.699. The van der Waals surface area contributed by atoms with Crippen LogP contribution in [0.4, 0.5) is 0 Å². The van der Waals surface area contributed by atoms with Crippen LogP contribution in [0.3, 0.4) is 0 Å². The Kier molecular flexibility index (Phi) is 8.30. The first-order valence-corrected chi connectivity index (χ1v) is 16.1. The zero-order valence-corrected chi connectivity index (χ0v) is 25.2. The first kappa shape index (κ1) is 28.9. The summed E-state index contributed by atoms with van der Waals surface area (Å²) in [4.78, 5) is 47.1. The van der Waals surface area contributed by atoms with Gasteiger partial charge in [-0.25, -0.2) is 0 Å². The fraction of sp³-hybridized carbons (Fsp3) is 0.417. The Morgan fingerprint density at radius 3 is 2.02 bits per heavy atom. The molecule has 0 spiro atoms. The van der Waals surface area contributed by atoms with Crippen molar-refractivity contribution in [3.05, 3.63) is 107 Å². The summed E-state index contributed by atoms with van der Waals surface area (Å²) in [6.07, 6.45) is 2.92. The summed E-state index contributed by atoms with van der Waals surface area (Å²) < 4.78 is 0. The van der Waals surface area contributed by atoms with Crippen LogP contribution in [-0.4, -0.2) is 88.7 Å². The molecule has 4 aliphatic rings. The zero-order chi connectivity index (χ0) is 30.0. The van der Waals surface area contributed by atoms with Gasteiger partial charge in [0.1, 0.15) is 6.04 Å². The minimum absolute atomic E-state index is 0.0813. The van der Waals surface area contributed by atoms with Crippen molar-refractivity contribution in [3.8, 4) is 0 Å². The Hall–Kier alpha value is -3.85. The monoisotopic (exact) mass is 591 g/mol. The first-order chi connectivity index (χ1) is 21.5. The maximum Gasteiger partial charge on any atom is 0.255 e. The van der Waals surface area contributed by atoms with Crippen molar-refractivity contribution in [3.63, 3.8) is 0 Å². The number of fused-ring (bicyclic) bond motifs is 1. The predicted molar refractivity (Wildman–Crippen MR) is 169 cm³/mol. The van der Waals surface area contributed by atoms with E-state index in [2.05, 4.69) is 86.7 Å². The van der Waals surface area contributed by atoms with E-state index in [0.29, 0.717) is 19.0 Å². The van der Waals surface area contributed by atoms with Gasteiger partial charge in [-0.3, -0.25) is 34.4 Å². The fourth-order valence-electron chi connectivity index (χ4n) is 7.75. The van der Waals surface area contributed by atoms with Gasteiger partial charge in [0.25, 0.3) is 5.91 Å². The molecule has 1 unspecified atom stereocenters. The Bertz CT molecular complexity index is 1460. The largest absolute Gasteiger partial charge is 0.322 e. The lowest BCUT2D eigenvalue weighted by Gasteiger charge is -2.45. The van der Waals surface area contributed by atoms with Crippen molar-refractivity contribution in [2.24, 2.45) is 0 Å². The van der Waals surface area contributed by atoms with E-state index in [4.69, 9.17) is 0 Å². The van der Waals surface area contributed by atoms with Crippen LogP contribution >= 0.6 is 0 Å². The van der Waals surface area contributed by atoms with E-state index in [1.165, 1.54) is 11.1 Å². The van der Waals surface area contributed by atoms with Crippen molar-refractivity contribution in [2.45, 2.75) is 56.9 Å². The second kappa shape index (κ2) is 12.6. The van der Waals surface area contributed by atoms with Gasteiger partial charge in [-0.2, -0.15) is 0 Å². The molecule has 4 aliphatic heterocycles. The van der Waals surface area contributed by atoms with E-state index >= 15 is 0 Å². The molecule has 228 valence electrons. The Labute approximate surface area is 259 Å². The van der Waals surface area contributed by atoms with Crippen LogP contribution in [0.1, 0.15) is 64.3 Å². The average Bonchev–Trinajstić information content (AvgIpc) is 3.39. The molecular formula is C36H41N5O3. The SMILES string of the molecule is O=C1CCC(N2Cc3cccc(CN4CCC(N5CCN(C(c6ccccc6)c6ccccc6)CC5)CC4)c3C2=O)C(=O)N1. The maximum absolute atomic E-state index is 13.5. The Balaban J connectivity index is 0.947. The maximum atomic E-state index is 13.5. The van der Waals surface area contributed by atoms with Crippen LogP contribution in [0, 0.1) is 0 Å². The number of rotatable bonds is 7. The number of piperidine rings is 2. The Morgan fingerprint density at radius 2 is 1.39 bits per heavy atom. The molecule has 1 atom stereocenters. The quantitative estimate of drug-likeness (QED) is 0.421. The molecule has 3 aromatic rings.